The Morgan fingerprint density at radius 3 is 2.68 bits per heavy atom. The quantitative estimate of drug-likeness (QED) is 0.868. The SMILES string of the molecule is CN(Cc1ccco1)C(=O)c1cccc(C(N)=S)c1. The summed E-state index contributed by atoms with van der Waals surface area (Å²) in [6.45, 7) is 0.420. The van der Waals surface area contributed by atoms with Crippen molar-refractivity contribution in [2.24, 2.45) is 5.73 Å². The Labute approximate surface area is 116 Å². The molecular weight excluding hydrogens is 260 g/mol. The van der Waals surface area contributed by atoms with Crippen molar-refractivity contribution in [1.29, 1.82) is 0 Å². The normalized spacial score (nSPS) is 10.2. The van der Waals surface area contributed by atoms with Crippen LogP contribution in [0.2, 0.25) is 0 Å². The lowest BCUT2D eigenvalue weighted by atomic mass is 10.1. The Balaban J connectivity index is 2.14. The van der Waals surface area contributed by atoms with Crippen LogP contribution in [0.25, 0.3) is 0 Å². The molecular formula is C14H14N2O2S. The fraction of sp³-hybridized carbons (Fsp3) is 0.143. The third-order valence-electron chi connectivity index (χ3n) is 2.71. The average Bonchev–Trinajstić information content (AvgIpc) is 2.90. The summed E-state index contributed by atoms with van der Waals surface area (Å²) < 4.78 is 5.22. The Hall–Kier alpha value is -2.14. The predicted octanol–water partition coefficient (Wildman–Crippen LogP) is 2.19. The van der Waals surface area contributed by atoms with Gasteiger partial charge >= 0.3 is 0 Å². The van der Waals surface area contributed by atoms with E-state index in [1.807, 2.05) is 6.07 Å². The van der Waals surface area contributed by atoms with Gasteiger partial charge in [0.2, 0.25) is 0 Å². The maximum Gasteiger partial charge on any atom is 0.254 e. The highest BCUT2D eigenvalue weighted by Gasteiger charge is 2.13. The summed E-state index contributed by atoms with van der Waals surface area (Å²) in [4.78, 5) is 14.1. The van der Waals surface area contributed by atoms with Gasteiger partial charge in [-0.2, -0.15) is 0 Å². The van der Waals surface area contributed by atoms with Crippen LogP contribution in [-0.2, 0) is 6.54 Å². The van der Waals surface area contributed by atoms with Gasteiger partial charge in [-0.1, -0.05) is 24.4 Å². The predicted molar refractivity (Wildman–Crippen MR) is 76.8 cm³/mol. The smallest absolute Gasteiger partial charge is 0.254 e. The largest absolute Gasteiger partial charge is 0.467 e. The summed E-state index contributed by atoms with van der Waals surface area (Å²) >= 11 is 4.91. The van der Waals surface area contributed by atoms with E-state index in [4.69, 9.17) is 22.4 Å². The van der Waals surface area contributed by atoms with Gasteiger partial charge in [0.1, 0.15) is 10.7 Å². The van der Waals surface area contributed by atoms with Crippen molar-refractivity contribution in [2.75, 3.05) is 7.05 Å². The van der Waals surface area contributed by atoms with Gasteiger partial charge in [0, 0.05) is 18.2 Å². The summed E-state index contributed by atoms with van der Waals surface area (Å²) in [6, 6.07) is 10.6. The molecule has 4 nitrogen and oxygen atoms in total. The minimum Gasteiger partial charge on any atom is -0.467 e. The molecule has 98 valence electrons. The van der Waals surface area contributed by atoms with Crippen molar-refractivity contribution in [3.8, 4) is 0 Å². The van der Waals surface area contributed by atoms with E-state index in [1.165, 1.54) is 0 Å². The number of carbonyl (C=O) groups is 1. The molecule has 0 saturated heterocycles. The van der Waals surface area contributed by atoms with Crippen LogP contribution < -0.4 is 5.73 Å². The van der Waals surface area contributed by atoms with Gasteiger partial charge in [-0.25, -0.2) is 0 Å². The standard InChI is InChI=1S/C14H14N2O2S/c1-16(9-12-6-3-7-18-12)14(17)11-5-2-4-10(8-11)13(15)19/h2-8H,9H2,1H3,(H2,15,19). The van der Waals surface area contributed by atoms with Crippen LogP contribution in [0.1, 0.15) is 21.7 Å². The molecule has 1 heterocycles. The molecule has 0 radical (unpaired) electrons. The molecule has 5 heteroatoms. The Morgan fingerprint density at radius 2 is 2.05 bits per heavy atom. The zero-order valence-electron chi connectivity index (χ0n) is 10.5. The van der Waals surface area contributed by atoms with E-state index in [-0.39, 0.29) is 10.9 Å². The van der Waals surface area contributed by atoms with E-state index in [1.54, 1.807) is 48.5 Å². The van der Waals surface area contributed by atoms with Crippen molar-refractivity contribution in [3.05, 3.63) is 59.5 Å². The third kappa shape index (κ3) is 3.20. The van der Waals surface area contributed by atoms with Crippen LogP contribution >= 0.6 is 12.2 Å². The highest BCUT2D eigenvalue weighted by Crippen LogP contribution is 2.11. The van der Waals surface area contributed by atoms with Gasteiger partial charge in [-0.15, -0.1) is 0 Å². The van der Waals surface area contributed by atoms with Crippen LogP contribution in [-0.4, -0.2) is 22.8 Å². The number of thiocarbonyl (C=S) groups is 1. The third-order valence-corrected chi connectivity index (χ3v) is 2.95. The fourth-order valence-corrected chi connectivity index (χ4v) is 1.86. The first-order valence-corrected chi connectivity index (χ1v) is 6.16. The maximum absolute atomic E-state index is 12.2. The molecule has 0 atom stereocenters. The molecule has 0 aliphatic carbocycles. The van der Waals surface area contributed by atoms with E-state index in [0.29, 0.717) is 17.7 Å². The molecule has 2 N–H and O–H groups in total. The van der Waals surface area contributed by atoms with Gasteiger partial charge in [-0.05, 0) is 24.3 Å². The Morgan fingerprint density at radius 1 is 1.32 bits per heavy atom. The minimum absolute atomic E-state index is 0.102. The number of amides is 1. The second-order valence-corrected chi connectivity index (χ2v) is 4.63. The zero-order chi connectivity index (χ0) is 13.8. The molecule has 0 unspecified atom stereocenters. The summed E-state index contributed by atoms with van der Waals surface area (Å²) in [5, 5.41) is 0. The lowest BCUT2D eigenvalue weighted by molar-refractivity contribution is 0.0775. The van der Waals surface area contributed by atoms with Crippen LogP contribution in [0.15, 0.2) is 47.1 Å². The van der Waals surface area contributed by atoms with Crippen LogP contribution in [0.3, 0.4) is 0 Å². The number of furan rings is 1. The first-order chi connectivity index (χ1) is 9.08. The molecule has 2 rings (SSSR count). The second-order valence-electron chi connectivity index (χ2n) is 4.19. The van der Waals surface area contributed by atoms with E-state index in [0.717, 1.165) is 5.76 Å². The van der Waals surface area contributed by atoms with Crippen LogP contribution in [0.4, 0.5) is 0 Å². The van der Waals surface area contributed by atoms with E-state index in [2.05, 4.69) is 0 Å². The van der Waals surface area contributed by atoms with E-state index < -0.39 is 0 Å². The van der Waals surface area contributed by atoms with Crippen molar-refractivity contribution < 1.29 is 9.21 Å². The number of rotatable bonds is 4. The monoisotopic (exact) mass is 274 g/mol. The maximum atomic E-state index is 12.2. The van der Waals surface area contributed by atoms with Gasteiger partial charge in [0.05, 0.1) is 12.8 Å². The summed E-state index contributed by atoms with van der Waals surface area (Å²) in [5.74, 6) is 0.635. The van der Waals surface area contributed by atoms with Gasteiger partial charge in [0.15, 0.2) is 0 Å². The molecule has 0 bridgehead atoms. The second kappa shape index (κ2) is 5.67. The number of nitrogens with zero attached hydrogens (tertiary/aromatic N) is 1. The van der Waals surface area contributed by atoms with Crippen molar-refractivity contribution in [2.45, 2.75) is 6.54 Å². The molecule has 2 aromatic rings. The number of hydrogen-bond donors (Lipinski definition) is 1. The molecule has 1 aromatic carbocycles. The minimum atomic E-state index is -0.102. The van der Waals surface area contributed by atoms with Crippen LogP contribution in [0.5, 0.6) is 0 Å². The van der Waals surface area contributed by atoms with Crippen molar-refractivity contribution >= 4 is 23.1 Å². The number of nitrogens with two attached hydrogens (primary N) is 1. The summed E-state index contributed by atoms with van der Waals surface area (Å²) in [7, 11) is 1.72. The molecule has 1 amide bonds. The average molecular weight is 274 g/mol. The molecule has 19 heavy (non-hydrogen) atoms. The Bertz CT molecular complexity index is 593. The molecule has 1 aromatic heterocycles. The van der Waals surface area contributed by atoms with Gasteiger partial charge in [-0.3, -0.25) is 4.79 Å². The van der Waals surface area contributed by atoms with E-state index >= 15 is 0 Å². The first-order valence-electron chi connectivity index (χ1n) is 5.75. The Kier molecular flexibility index (Phi) is 3.97. The fourth-order valence-electron chi connectivity index (χ4n) is 1.73. The lowest BCUT2D eigenvalue weighted by Gasteiger charge is -2.16. The highest BCUT2D eigenvalue weighted by molar-refractivity contribution is 7.80. The van der Waals surface area contributed by atoms with Gasteiger partial charge in [0.25, 0.3) is 5.91 Å². The molecule has 0 fully saturated rings. The van der Waals surface area contributed by atoms with Crippen LogP contribution in [0, 0.1) is 0 Å². The van der Waals surface area contributed by atoms with Gasteiger partial charge < -0.3 is 15.1 Å². The molecule has 0 saturated carbocycles. The summed E-state index contributed by atoms with van der Waals surface area (Å²) in [5.41, 5.74) is 6.80. The number of benzene rings is 1. The number of carbonyl (C=O) groups excluding carboxylic acids is 1. The topological polar surface area (TPSA) is 59.5 Å². The van der Waals surface area contributed by atoms with Crippen molar-refractivity contribution in [3.63, 3.8) is 0 Å². The first kappa shape index (κ1) is 13.3. The lowest BCUT2D eigenvalue weighted by Crippen LogP contribution is -2.26. The number of hydrogen-bond acceptors (Lipinski definition) is 3. The zero-order valence-corrected chi connectivity index (χ0v) is 11.3. The van der Waals surface area contributed by atoms with E-state index in [9.17, 15) is 4.79 Å². The highest BCUT2D eigenvalue weighted by atomic mass is 32.1. The van der Waals surface area contributed by atoms with Crippen molar-refractivity contribution in [1.82, 2.24) is 4.90 Å². The molecule has 0 aliphatic rings. The molecule has 0 aliphatic heterocycles. The summed E-state index contributed by atoms with van der Waals surface area (Å²) in [6.07, 6.45) is 1.58. The molecule has 0 spiro atoms.